The van der Waals surface area contributed by atoms with Gasteiger partial charge in [0.25, 0.3) is 0 Å². The average Bonchev–Trinajstić information content (AvgIpc) is 2.48. The maximum Gasteiger partial charge on any atom is 0.317 e. The van der Waals surface area contributed by atoms with E-state index in [9.17, 15) is 9.59 Å². The molecule has 0 aromatic heterocycles. The maximum atomic E-state index is 12.2. The molecule has 0 aliphatic carbocycles. The Balaban J connectivity index is 1.81. The quantitative estimate of drug-likeness (QED) is 0.858. The van der Waals surface area contributed by atoms with Crippen LogP contribution >= 0.6 is 15.9 Å². The van der Waals surface area contributed by atoms with Gasteiger partial charge in [-0.2, -0.15) is 0 Å². The topological polar surface area (TPSA) is 69.6 Å². The first-order chi connectivity index (χ1) is 10.5. The summed E-state index contributed by atoms with van der Waals surface area (Å²) in [5, 5.41) is 12.0. The van der Waals surface area contributed by atoms with Crippen molar-refractivity contribution in [1.29, 1.82) is 0 Å². The second-order valence-corrected chi connectivity index (χ2v) is 6.81. The van der Waals surface area contributed by atoms with Crippen molar-refractivity contribution in [2.24, 2.45) is 11.8 Å². The van der Waals surface area contributed by atoms with E-state index in [1.54, 1.807) is 4.90 Å². The molecule has 2 unspecified atom stereocenters. The molecule has 22 heavy (non-hydrogen) atoms. The molecule has 1 aromatic carbocycles. The summed E-state index contributed by atoms with van der Waals surface area (Å²) in [6.45, 7) is 3.44. The number of amides is 2. The third kappa shape index (κ3) is 4.73. The first kappa shape index (κ1) is 16.8. The number of rotatable bonds is 4. The van der Waals surface area contributed by atoms with Gasteiger partial charge in [-0.3, -0.25) is 4.79 Å². The number of urea groups is 1. The molecule has 1 heterocycles. The summed E-state index contributed by atoms with van der Waals surface area (Å²) in [6.07, 6.45) is 1.39. The first-order valence-electron chi connectivity index (χ1n) is 7.45. The first-order valence-corrected chi connectivity index (χ1v) is 8.25. The molecular weight excluding hydrogens is 348 g/mol. The molecule has 0 saturated carbocycles. The number of carboxylic acids is 1. The Morgan fingerprint density at radius 3 is 2.64 bits per heavy atom. The van der Waals surface area contributed by atoms with Crippen molar-refractivity contribution in [2.45, 2.75) is 19.8 Å². The minimum Gasteiger partial charge on any atom is -0.481 e. The number of hydrogen-bond donors (Lipinski definition) is 2. The lowest BCUT2D eigenvalue weighted by atomic mass is 9.91. The lowest BCUT2D eigenvalue weighted by Gasteiger charge is -2.34. The van der Waals surface area contributed by atoms with Crippen molar-refractivity contribution in [1.82, 2.24) is 10.2 Å². The molecule has 5 nitrogen and oxygen atoms in total. The van der Waals surface area contributed by atoms with Gasteiger partial charge in [0, 0.05) is 24.1 Å². The molecule has 2 N–H and O–H groups in total. The van der Waals surface area contributed by atoms with Gasteiger partial charge >= 0.3 is 12.0 Å². The summed E-state index contributed by atoms with van der Waals surface area (Å²) in [4.78, 5) is 24.9. The van der Waals surface area contributed by atoms with Gasteiger partial charge in [-0.05, 0) is 36.5 Å². The predicted octanol–water partition coefficient (Wildman–Crippen LogP) is 2.74. The molecule has 1 saturated heterocycles. The number of carbonyl (C=O) groups excluding carboxylic acids is 1. The zero-order valence-corrected chi connectivity index (χ0v) is 14.2. The van der Waals surface area contributed by atoms with Crippen LogP contribution < -0.4 is 5.32 Å². The molecular formula is C16H21BrN2O3. The molecule has 1 aromatic rings. The molecule has 1 aliphatic heterocycles. The van der Waals surface area contributed by atoms with E-state index in [-0.39, 0.29) is 11.9 Å². The van der Waals surface area contributed by atoms with Crippen LogP contribution in [-0.2, 0) is 11.2 Å². The number of likely N-dealkylation sites (tertiary alicyclic amines) is 1. The summed E-state index contributed by atoms with van der Waals surface area (Å²) in [6, 6.07) is 7.80. The van der Waals surface area contributed by atoms with Gasteiger partial charge in [-0.15, -0.1) is 0 Å². The van der Waals surface area contributed by atoms with E-state index in [1.165, 1.54) is 0 Å². The predicted molar refractivity (Wildman–Crippen MR) is 87.7 cm³/mol. The minimum absolute atomic E-state index is 0.171. The highest BCUT2D eigenvalue weighted by molar-refractivity contribution is 9.10. The standard InChI is InChI=1S/C16H21BrN2O3/c1-11-8-13(15(20)21)10-19(9-11)16(22)18-7-6-12-2-4-14(17)5-3-12/h2-5,11,13H,6-10H2,1H3,(H,18,22)(H,20,21). The van der Waals surface area contributed by atoms with Crippen LogP contribution in [0.4, 0.5) is 4.79 Å². The number of benzene rings is 1. The summed E-state index contributed by atoms with van der Waals surface area (Å²) in [7, 11) is 0. The second kappa shape index (κ2) is 7.63. The third-order valence-corrected chi connectivity index (χ3v) is 4.43. The number of hydrogen-bond acceptors (Lipinski definition) is 2. The average molecular weight is 369 g/mol. The molecule has 2 atom stereocenters. The summed E-state index contributed by atoms with van der Waals surface area (Å²) >= 11 is 3.39. The Hall–Kier alpha value is -1.56. The van der Waals surface area contributed by atoms with Crippen molar-refractivity contribution in [3.63, 3.8) is 0 Å². The SMILES string of the molecule is CC1CC(C(=O)O)CN(C(=O)NCCc2ccc(Br)cc2)C1. The lowest BCUT2D eigenvalue weighted by molar-refractivity contribution is -0.143. The fraction of sp³-hybridized carbons (Fsp3) is 0.500. The second-order valence-electron chi connectivity index (χ2n) is 5.89. The molecule has 1 fully saturated rings. The van der Waals surface area contributed by atoms with Crippen LogP contribution in [0.1, 0.15) is 18.9 Å². The molecule has 0 bridgehead atoms. The van der Waals surface area contributed by atoms with E-state index >= 15 is 0 Å². The van der Waals surface area contributed by atoms with Crippen LogP contribution in [0.5, 0.6) is 0 Å². The number of carbonyl (C=O) groups is 2. The van der Waals surface area contributed by atoms with Gasteiger partial charge in [0.05, 0.1) is 5.92 Å². The lowest BCUT2D eigenvalue weighted by Crippen LogP contribution is -2.49. The van der Waals surface area contributed by atoms with E-state index in [2.05, 4.69) is 21.2 Å². The van der Waals surface area contributed by atoms with Gasteiger partial charge < -0.3 is 15.3 Å². The Morgan fingerprint density at radius 1 is 1.32 bits per heavy atom. The Kier molecular flexibility index (Phi) is 5.83. The number of nitrogens with one attached hydrogen (secondary N) is 1. The molecule has 2 rings (SSSR count). The molecule has 0 spiro atoms. The van der Waals surface area contributed by atoms with E-state index in [4.69, 9.17) is 5.11 Å². The molecule has 2 amide bonds. The fourth-order valence-corrected chi connectivity index (χ4v) is 3.04. The zero-order valence-electron chi connectivity index (χ0n) is 12.6. The molecule has 1 aliphatic rings. The maximum absolute atomic E-state index is 12.2. The van der Waals surface area contributed by atoms with Crippen LogP contribution in [0.15, 0.2) is 28.7 Å². The van der Waals surface area contributed by atoms with E-state index in [0.717, 1.165) is 16.5 Å². The van der Waals surface area contributed by atoms with E-state index in [1.807, 2.05) is 31.2 Å². The van der Waals surface area contributed by atoms with Gasteiger partial charge in [0.1, 0.15) is 0 Å². The van der Waals surface area contributed by atoms with Crippen molar-refractivity contribution in [2.75, 3.05) is 19.6 Å². The number of halogens is 1. The minimum atomic E-state index is -0.820. The van der Waals surface area contributed by atoms with Gasteiger partial charge in [0.2, 0.25) is 0 Å². The molecule has 120 valence electrons. The Morgan fingerprint density at radius 2 is 2.00 bits per heavy atom. The normalized spacial score (nSPS) is 21.5. The van der Waals surface area contributed by atoms with Gasteiger partial charge in [-0.1, -0.05) is 35.0 Å². The highest BCUT2D eigenvalue weighted by Gasteiger charge is 2.31. The van der Waals surface area contributed by atoms with Gasteiger partial charge in [-0.25, -0.2) is 4.79 Å². The van der Waals surface area contributed by atoms with E-state index in [0.29, 0.717) is 26.1 Å². The fourth-order valence-electron chi connectivity index (χ4n) is 2.77. The van der Waals surface area contributed by atoms with Crippen LogP contribution in [-0.4, -0.2) is 41.6 Å². The summed E-state index contributed by atoms with van der Waals surface area (Å²) in [5.41, 5.74) is 1.15. The smallest absolute Gasteiger partial charge is 0.317 e. The zero-order chi connectivity index (χ0) is 16.1. The number of aliphatic carboxylic acids is 1. The highest BCUT2D eigenvalue weighted by atomic mass is 79.9. The third-order valence-electron chi connectivity index (χ3n) is 3.90. The van der Waals surface area contributed by atoms with Crippen molar-refractivity contribution in [3.8, 4) is 0 Å². The van der Waals surface area contributed by atoms with Crippen LogP contribution in [0.2, 0.25) is 0 Å². The Bertz CT molecular complexity index is 533. The van der Waals surface area contributed by atoms with Crippen LogP contribution in [0.3, 0.4) is 0 Å². The largest absolute Gasteiger partial charge is 0.481 e. The highest BCUT2D eigenvalue weighted by Crippen LogP contribution is 2.21. The van der Waals surface area contributed by atoms with Crippen molar-refractivity contribution in [3.05, 3.63) is 34.3 Å². The summed E-state index contributed by atoms with van der Waals surface area (Å²) < 4.78 is 1.03. The van der Waals surface area contributed by atoms with Gasteiger partial charge in [0.15, 0.2) is 0 Å². The van der Waals surface area contributed by atoms with Crippen molar-refractivity contribution < 1.29 is 14.7 Å². The van der Waals surface area contributed by atoms with E-state index < -0.39 is 11.9 Å². The number of nitrogens with zero attached hydrogens (tertiary/aromatic N) is 1. The monoisotopic (exact) mass is 368 g/mol. The van der Waals surface area contributed by atoms with Crippen LogP contribution in [0, 0.1) is 11.8 Å². The molecule has 6 heteroatoms. The number of carboxylic acid groups (broad SMARTS) is 1. The number of piperidine rings is 1. The molecule has 0 radical (unpaired) electrons. The van der Waals surface area contributed by atoms with Crippen molar-refractivity contribution >= 4 is 27.9 Å². The van der Waals surface area contributed by atoms with Crippen LogP contribution in [0.25, 0.3) is 0 Å². The summed E-state index contributed by atoms with van der Waals surface area (Å²) in [5.74, 6) is -1.06. The Labute approximate surface area is 138 Å².